The maximum Gasteiger partial charge on any atom is 0.282 e. The van der Waals surface area contributed by atoms with Crippen molar-refractivity contribution < 1.29 is 0 Å². The maximum atomic E-state index is 10.7. The van der Waals surface area contributed by atoms with Gasteiger partial charge >= 0.3 is 0 Å². The lowest BCUT2D eigenvalue weighted by Crippen LogP contribution is -2.09. The maximum absolute atomic E-state index is 10.7. The molecule has 4 heteroatoms. The molecule has 0 aliphatic heterocycles. The average Bonchev–Trinajstić information content (AvgIpc) is 1.98. The Balaban J connectivity index is 2.96. The Labute approximate surface area is 69.4 Å². The Hall–Kier alpha value is -0.830. The number of hydrogen-bond donors (Lipinski definition) is 1. The molecule has 0 aromatic carbocycles. The van der Waals surface area contributed by atoms with Gasteiger partial charge in [-0.25, -0.2) is 5.10 Å². The van der Waals surface area contributed by atoms with Gasteiger partial charge in [0.1, 0.15) is 5.02 Å². The van der Waals surface area contributed by atoms with Crippen molar-refractivity contribution in [2.45, 2.75) is 19.8 Å². The van der Waals surface area contributed by atoms with Gasteiger partial charge < -0.3 is 0 Å². The van der Waals surface area contributed by atoms with Crippen molar-refractivity contribution in [1.29, 1.82) is 0 Å². The number of nitrogens with zero attached hydrogens (tertiary/aromatic N) is 1. The minimum Gasteiger partial charge on any atom is -0.266 e. The molecule has 1 aromatic rings. The fourth-order valence-electron chi connectivity index (χ4n) is 0.804. The lowest BCUT2D eigenvalue weighted by atomic mass is 10.2. The lowest BCUT2D eigenvalue weighted by molar-refractivity contribution is 0.828. The van der Waals surface area contributed by atoms with E-state index in [1.807, 2.05) is 6.92 Å². The van der Waals surface area contributed by atoms with Crippen LogP contribution in [0.25, 0.3) is 0 Å². The van der Waals surface area contributed by atoms with Crippen LogP contribution in [-0.2, 0) is 6.42 Å². The first kappa shape index (κ1) is 8.27. The predicted molar refractivity (Wildman–Crippen MR) is 43.9 cm³/mol. The van der Waals surface area contributed by atoms with Crippen LogP contribution in [0.15, 0.2) is 10.9 Å². The second-order valence-electron chi connectivity index (χ2n) is 2.29. The molecule has 1 heterocycles. The molecule has 1 aromatic heterocycles. The molecular formula is C7H9ClN2O. The number of hydrogen-bond acceptors (Lipinski definition) is 2. The quantitative estimate of drug-likeness (QED) is 0.733. The predicted octanol–water partition coefficient (Wildman–Crippen LogP) is 1.38. The van der Waals surface area contributed by atoms with Gasteiger partial charge in [0, 0.05) is 0 Å². The zero-order valence-electron chi connectivity index (χ0n) is 6.22. The van der Waals surface area contributed by atoms with Crippen LogP contribution < -0.4 is 5.56 Å². The summed E-state index contributed by atoms with van der Waals surface area (Å²) in [6, 6.07) is 1.60. The molecule has 0 amide bonds. The van der Waals surface area contributed by atoms with E-state index in [1.54, 1.807) is 6.07 Å². The summed E-state index contributed by atoms with van der Waals surface area (Å²) in [5.41, 5.74) is 0.503. The molecular weight excluding hydrogens is 164 g/mol. The number of aryl methyl sites for hydroxylation is 1. The molecule has 11 heavy (non-hydrogen) atoms. The number of halogens is 1. The molecule has 3 nitrogen and oxygen atoms in total. The van der Waals surface area contributed by atoms with Crippen LogP contribution in [0.2, 0.25) is 5.02 Å². The van der Waals surface area contributed by atoms with Crippen molar-refractivity contribution >= 4 is 11.6 Å². The third-order valence-electron chi connectivity index (χ3n) is 1.32. The van der Waals surface area contributed by atoms with Gasteiger partial charge in [-0.2, -0.15) is 5.10 Å². The van der Waals surface area contributed by atoms with Gasteiger partial charge in [0.25, 0.3) is 5.56 Å². The summed E-state index contributed by atoms with van der Waals surface area (Å²) in [5, 5.41) is 6.33. The summed E-state index contributed by atoms with van der Waals surface area (Å²) in [7, 11) is 0. The fraction of sp³-hybridized carbons (Fsp3) is 0.429. The molecule has 0 fully saturated rings. The second-order valence-corrected chi connectivity index (χ2v) is 2.69. The summed E-state index contributed by atoms with van der Waals surface area (Å²) in [4.78, 5) is 10.7. The Morgan fingerprint density at radius 3 is 3.00 bits per heavy atom. The highest BCUT2D eigenvalue weighted by atomic mass is 35.5. The van der Waals surface area contributed by atoms with Crippen molar-refractivity contribution in [3.05, 3.63) is 27.1 Å². The minimum absolute atomic E-state index is 0.212. The first-order valence-electron chi connectivity index (χ1n) is 3.48. The van der Waals surface area contributed by atoms with E-state index in [0.717, 1.165) is 18.5 Å². The molecule has 0 radical (unpaired) electrons. The van der Waals surface area contributed by atoms with Gasteiger partial charge in [0.15, 0.2) is 0 Å². The molecule has 0 atom stereocenters. The molecule has 60 valence electrons. The van der Waals surface area contributed by atoms with E-state index in [4.69, 9.17) is 11.6 Å². The molecule has 0 aliphatic carbocycles. The van der Waals surface area contributed by atoms with E-state index in [-0.39, 0.29) is 10.6 Å². The number of rotatable bonds is 2. The number of aromatic amines is 1. The smallest absolute Gasteiger partial charge is 0.266 e. The lowest BCUT2D eigenvalue weighted by Gasteiger charge is -1.95. The number of aromatic nitrogens is 2. The summed E-state index contributed by atoms with van der Waals surface area (Å²) in [5.74, 6) is 0. The van der Waals surface area contributed by atoms with Gasteiger partial charge in [0.05, 0.1) is 5.69 Å². The van der Waals surface area contributed by atoms with E-state index >= 15 is 0 Å². The largest absolute Gasteiger partial charge is 0.282 e. The van der Waals surface area contributed by atoms with Crippen molar-refractivity contribution in [2.24, 2.45) is 0 Å². The van der Waals surface area contributed by atoms with Gasteiger partial charge in [-0.05, 0) is 12.5 Å². The molecule has 1 N–H and O–H groups in total. The number of H-pyrrole nitrogens is 1. The Bertz CT molecular complexity index is 295. The first-order chi connectivity index (χ1) is 5.24. The summed E-state index contributed by atoms with van der Waals surface area (Å²) >= 11 is 5.57. The molecule has 1 rings (SSSR count). The highest BCUT2D eigenvalue weighted by Gasteiger charge is 1.97. The van der Waals surface area contributed by atoms with E-state index in [0.29, 0.717) is 0 Å². The van der Waals surface area contributed by atoms with Gasteiger partial charge in [-0.3, -0.25) is 4.79 Å². The van der Waals surface area contributed by atoms with Crippen molar-refractivity contribution in [1.82, 2.24) is 10.2 Å². The third kappa shape index (κ3) is 2.05. The SMILES string of the molecule is CCCc1cc(Cl)c(=O)[nH]n1. The van der Waals surface area contributed by atoms with E-state index < -0.39 is 0 Å². The van der Waals surface area contributed by atoms with Crippen molar-refractivity contribution in [3.63, 3.8) is 0 Å². The molecule has 0 bridgehead atoms. The second kappa shape index (κ2) is 3.53. The molecule has 0 spiro atoms. The molecule has 0 saturated carbocycles. The molecule has 0 aliphatic rings. The fourth-order valence-corrected chi connectivity index (χ4v) is 0.972. The van der Waals surface area contributed by atoms with E-state index in [9.17, 15) is 4.79 Å². The van der Waals surface area contributed by atoms with E-state index in [2.05, 4.69) is 10.2 Å². The van der Waals surface area contributed by atoms with Crippen LogP contribution in [0.1, 0.15) is 19.0 Å². The van der Waals surface area contributed by atoms with E-state index in [1.165, 1.54) is 0 Å². The zero-order chi connectivity index (χ0) is 8.27. The van der Waals surface area contributed by atoms with Crippen molar-refractivity contribution in [3.8, 4) is 0 Å². The minimum atomic E-state index is -0.327. The Morgan fingerprint density at radius 2 is 2.45 bits per heavy atom. The number of nitrogens with one attached hydrogen (secondary N) is 1. The standard InChI is InChI=1S/C7H9ClN2O/c1-2-3-5-4-6(8)7(11)10-9-5/h4H,2-3H2,1H3,(H,10,11). The summed E-state index contributed by atoms with van der Waals surface area (Å²) in [6.07, 6.45) is 1.84. The van der Waals surface area contributed by atoms with Crippen LogP contribution in [-0.4, -0.2) is 10.2 Å². The van der Waals surface area contributed by atoms with Gasteiger partial charge in [-0.15, -0.1) is 0 Å². The highest BCUT2D eigenvalue weighted by molar-refractivity contribution is 6.30. The van der Waals surface area contributed by atoms with Crippen LogP contribution >= 0.6 is 11.6 Å². The highest BCUT2D eigenvalue weighted by Crippen LogP contribution is 2.02. The average molecular weight is 173 g/mol. The zero-order valence-corrected chi connectivity index (χ0v) is 6.98. The van der Waals surface area contributed by atoms with Crippen LogP contribution in [0.3, 0.4) is 0 Å². The van der Waals surface area contributed by atoms with Crippen LogP contribution in [0, 0.1) is 0 Å². The molecule has 0 unspecified atom stereocenters. The van der Waals surface area contributed by atoms with Gasteiger partial charge in [-0.1, -0.05) is 24.9 Å². The summed E-state index contributed by atoms with van der Waals surface area (Å²) in [6.45, 7) is 2.04. The van der Waals surface area contributed by atoms with Crippen LogP contribution in [0.4, 0.5) is 0 Å². The van der Waals surface area contributed by atoms with Gasteiger partial charge in [0.2, 0.25) is 0 Å². The monoisotopic (exact) mass is 172 g/mol. The van der Waals surface area contributed by atoms with Crippen molar-refractivity contribution in [2.75, 3.05) is 0 Å². The topological polar surface area (TPSA) is 45.8 Å². The summed E-state index contributed by atoms with van der Waals surface area (Å²) < 4.78 is 0. The third-order valence-corrected chi connectivity index (χ3v) is 1.60. The van der Waals surface area contributed by atoms with Crippen LogP contribution in [0.5, 0.6) is 0 Å². The normalized spacial score (nSPS) is 10.0. The Morgan fingerprint density at radius 1 is 1.73 bits per heavy atom. The molecule has 0 saturated heterocycles. The Kier molecular flexibility index (Phi) is 2.65. The first-order valence-corrected chi connectivity index (χ1v) is 3.86.